The molecule has 1 heterocycles. The molecular weight excluding hydrogens is 331 g/mol. The molecule has 7 heteroatoms. The Kier molecular flexibility index (Phi) is 4.28. The third-order valence-electron chi connectivity index (χ3n) is 3.90. The molecule has 0 fully saturated rings. The molecule has 0 atom stereocenters. The minimum Gasteiger partial charge on any atom is -0.312 e. The number of nitrogens with one attached hydrogen (secondary N) is 1. The minimum atomic E-state index is -3.63. The molecular formula is C17H17FN2O3S. The van der Waals surface area contributed by atoms with Crippen molar-refractivity contribution < 1.29 is 17.6 Å². The standard InChI is InChI=1S/C17H17FN2O3S/c1-12(21)20-9-8-14-4-7-16(10-17(14)20)19-24(22,23)11-13-2-5-15(18)6-3-13/h2-7,10,19H,8-9,11H2,1H3. The Hall–Kier alpha value is -2.41. The summed E-state index contributed by atoms with van der Waals surface area (Å²) in [7, 11) is -3.63. The maximum Gasteiger partial charge on any atom is 0.236 e. The van der Waals surface area contributed by atoms with Gasteiger partial charge in [0.2, 0.25) is 15.9 Å². The molecule has 0 bridgehead atoms. The molecule has 0 aromatic heterocycles. The van der Waals surface area contributed by atoms with Gasteiger partial charge >= 0.3 is 0 Å². The topological polar surface area (TPSA) is 66.5 Å². The first-order valence-corrected chi connectivity index (χ1v) is 9.15. The molecule has 0 saturated heterocycles. The summed E-state index contributed by atoms with van der Waals surface area (Å²) in [5.74, 6) is -0.729. The quantitative estimate of drug-likeness (QED) is 0.924. The lowest BCUT2D eigenvalue weighted by atomic mass is 10.1. The summed E-state index contributed by atoms with van der Waals surface area (Å²) < 4.78 is 40.0. The van der Waals surface area contributed by atoms with Gasteiger partial charge in [-0.15, -0.1) is 0 Å². The van der Waals surface area contributed by atoms with Gasteiger partial charge in [-0.2, -0.15) is 0 Å². The van der Waals surface area contributed by atoms with Crippen LogP contribution in [-0.4, -0.2) is 20.9 Å². The largest absolute Gasteiger partial charge is 0.312 e. The molecule has 2 aromatic carbocycles. The Morgan fingerprint density at radius 3 is 2.58 bits per heavy atom. The second-order valence-electron chi connectivity index (χ2n) is 5.75. The third-order valence-corrected chi connectivity index (χ3v) is 5.16. The number of fused-ring (bicyclic) bond motifs is 1. The lowest BCUT2D eigenvalue weighted by Gasteiger charge is -2.16. The van der Waals surface area contributed by atoms with Gasteiger partial charge in [0.15, 0.2) is 0 Å². The van der Waals surface area contributed by atoms with Crippen LogP contribution in [0.1, 0.15) is 18.1 Å². The first-order valence-electron chi connectivity index (χ1n) is 7.50. The highest BCUT2D eigenvalue weighted by atomic mass is 32.2. The van der Waals surface area contributed by atoms with E-state index in [-0.39, 0.29) is 11.7 Å². The van der Waals surface area contributed by atoms with E-state index in [1.807, 2.05) is 6.07 Å². The molecule has 1 aliphatic heterocycles. The van der Waals surface area contributed by atoms with Gasteiger partial charge in [-0.05, 0) is 41.8 Å². The fourth-order valence-electron chi connectivity index (χ4n) is 2.79. The Bertz CT molecular complexity index is 879. The molecule has 126 valence electrons. The van der Waals surface area contributed by atoms with E-state index in [9.17, 15) is 17.6 Å². The van der Waals surface area contributed by atoms with Crippen LogP contribution in [0.25, 0.3) is 0 Å². The number of halogens is 1. The summed E-state index contributed by atoms with van der Waals surface area (Å²) in [6.45, 7) is 2.09. The average molecular weight is 348 g/mol. The van der Waals surface area contributed by atoms with Crippen LogP contribution < -0.4 is 9.62 Å². The van der Waals surface area contributed by atoms with Crippen LogP contribution in [0, 0.1) is 5.82 Å². The summed E-state index contributed by atoms with van der Waals surface area (Å²) in [5.41, 5.74) is 2.66. The van der Waals surface area contributed by atoms with Crippen molar-refractivity contribution in [2.24, 2.45) is 0 Å². The van der Waals surface area contributed by atoms with E-state index >= 15 is 0 Å². The number of hydrogen-bond acceptors (Lipinski definition) is 3. The first kappa shape index (κ1) is 16.4. The van der Waals surface area contributed by atoms with Crippen LogP contribution >= 0.6 is 0 Å². The zero-order valence-electron chi connectivity index (χ0n) is 13.1. The van der Waals surface area contributed by atoms with Gasteiger partial charge in [0, 0.05) is 19.2 Å². The lowest BCUT2D eigenvalue weighted by molar-refractivity contribution is -0.116. The van der Waals surface area contributed by atoms with Crippen molar-refractivity contribution in [3.63, 3.8) is 0 Å². The lowest BCUT2D eigenvalue weighted by Crippen LogP contribution is -2.25. The Labute approximate surface area is 140 Å². The molecule has 0 spiro atoms. The molecule has 1 N–H and O–H groups in total. The van der Waals surface area contributed by atoms with Gasteiger partial charge < -0.3 is 4.90 Å². The Morgan fingerprint density at radius 2 is 1.92 bits per heavy atom. The average Bonchev–Trinajstić information content (AvgIpc) is 2.92. The predicted molar refractivity (Wildman–Crippen MR) is 90.8 cm³/mol. The van der Waals surface area contributed by atoms with Crippen molar-refractivity contribution in [3.05, 3.63) is 59.4 Å². The summed E-state index contributed by atoms with van der Waals surface area (Å²) in [6, 6.07) is 10.5. The van der Waals surface area contributed by atoms with Gasteiger partial charge in [0.25, 0.3) is 0 Å². The molecule has 1 amide bonds. The normalized spacial score (nSPS) is 13.7. The molecule has 5 nitrogen and oxygen atoms in total. The van der Waals surface area contributed by atoms with Gasteiger partial charge in [0.1, 0.15) is 5.82 Å². The predicted octanol–water partition coefficient (Wildman–Crippen LogP) is 2.68. The SMILES string of the molecule is CC(=O)N1CCc2ccc(NS(=O)(=O)Cc3ccc(F)cc3)cc21. The summed E-state index contributed by atoms with van der Waals surface area (Å²) >= 11 is 0. The molecule has 1 aliphatic rings. The zero-order chi connectivity index (χ0) is 17.3. The molecule has 0 radical (unpaired) electrons. The van der Waals surface area contributed by atoms with Crippen molar-refractivity contribution in [3.8, 4) is 0 Å². The molecule has 3 rings (SSSR count). The number of benzene rings is 2. The number of carbonyl (C=O) groups excluding carboxylic acids is 1. The van der Waals surface area contributed by atoms with Gasteiger partial charge in [-0.3, -0.25) is 9.52 Å². The van der Waals surface area contributed by atoms with Crippen molar-refractivity contribution >= 4 is 27.3 Å². The molecule has 24 heavy (non-hydrogen) atoms. The highest BCUT2D eigenvalue weighted by molar-refractivity contribution is 7.91. The highest BCUT2D eigenvalue weighted by Gasteiger charge is 2.23. The van der Waals surface area contributed by atoms with Crippen molar-refractivity contribution in [2.75, 3.05) is 16.2 Å². The van der Waals surface area contributed by atoms with E-state index in [2.05, 4.69) is 4.72 Å². The van der Waals surface area contributed by atoms with Gasteiger partial charge in [-0.25, -0.2) is 12.8 Å². The number of rotatable bonds is 4. The fraction of sp³-hybridized carbons (Fsp3) is 0.235. The van der Waals surface area contributed by atoms with Gasteiger partial charge in [0.05, 0.1) is 11.4 Å². The summed E-state index contributed by atoms with van der Waals surface area (Å²) in [6.07, 6.45) is 0.761. The van der Waals surface area contributed by atoms with Crippen LogP contribution in [0.4, 0.5) is 15.8 Å². The van der Waals surface area contributed by atoms with Crippen molar-refractivity contribution in [1.29, 1.82) is 0 Å². The monoisotopic (exact) mass is 348 g/mol. The molecule has 2 aromatic rings. The first-order chi connectivity index (χ1) is 11.3. The van der Waals surface area contributed by atoms with Crippen LogP contribution in [0.15, 0.2) is 42.5 Å². The number of carbonyl (C=O) groups is 1. The zero-order valence-corrected chi connectivity index (χ0v) is 13.9. The van der Waals surface area contributed by atoms with Crippen LogP contribution in [0.3, 0.4) is 0 Å². The number of anilines is 2. The van der Waals surface area contributed by atoms with E-state index in [4.69, 9.17) is 0 Å². The molecule has 0 unspecified atom stereocenters. The van der Waals surface area contributed by atoms with Gasteiger partial charge in [-0.1, -0.05) is 18.2 Å². The van der Waals surface area contributed by atoms with E-state index in [0.29, 0.717) is 17.8 Å². The maximum atomic E-state index is 12.9. The van der Waals surface area contributed by atoms with Crippen LogP contribution in [-0.2, 0) is 27.0 Å². The fourth-order valence-corrected chi connectivity index (χ4v) is 3.98. The maximum absolute atomic E-state index is 12.9. The number of amides is 1. The Morgan fingerprint density at radius 1 is 1.21 bits per heavy atom. The van der Waals surface area contributed by atoms with E-state index in [0.717, 1.165) is 17.7 Å². The second-order valence-corrected chi connectivity index (χ2v) is 7.47. The van der Waals surface area contributed by atoms with Crippen LogP contribution in [0.2, 0.25) is 0 Å². The smallest absolute Gasteiger partial charge is 0.236 e. The third kappa shape index (κ3) is 3.56. The highest BCUT2D eigenvalue weighted by Crippen LogP contribution is 2.31. The van der Waals surface area contributed by atoms with Crippen LogP contribution in [0.5, 0.6) is 0 Å². The summed E-state index contributed by atoms with van der Waals surface area (Å²) in [5, 5.41) is 0. The van der Waals surface area contributed by atoms with E-state index in [1.165, 1.54) is 31.2 Å². The van der Waals surface area contributed by atoms with E-state index in [1.54, 1.807) is 17.0 Å². The Balaban J connectivity index is 1.79. The molecule has 0 aliphatic carbocycles. The molecule has 0 saturated carbocycles. The number of sulfonamides is 1. The van der Waals surface area contributed by atoms with E-state index < -0.39 is 15.8 Å². The van der Waals surface area contributed by atoms with Crippen molar-refractivity contribution in [2.45, 2.75) is 19.1 Å². The minimum absolute atomic E-state index is 0.0694. The van der Waals surface area contributed by atoms with Crippen molar-refractivity contribution in [1.82, 2.24) is 0 Å². The summed E-state index contributed by atoms with van der Waals surface area (Å²) in [4.78, 5) is 13.3. The number of hydrogen-bond donors (Lipinski definition) is 1. The second kappa shape index (κ2) is 6.24. The number of nitrogens with zero attached hydrogens (tertiary/aromatic N) is 1.